The molecule has 0 spiro atoms. The molecule has 140 valence electrons. The van der Waals surface area contributed by atoms with Gasteiger partial charge < -0.3 is 20.3 Å². The molecule has 0 amide bonds. The van der Waals surface area contributed by atoms with E-state index >= 15 is 0 Å². The van der Waals surface area contributed by atoms with Crippen LogP contribution in [0.25, 0.3) is 0 Å². The molecule has 7 heteroatoms. The zero-order valence-electron chi connectivity index (χ0n) is 15.5. The van der Waals surface area contributed by atoms with Crippen molar-refractivity contribution < 1.29 is 4.74 Å². The number of aromatic nitrogens is 1. The van der Waals surface area contributed by atoms with E-state index in [0.717, 1.165) is 50.0 Å². The Balaban J connectivity index is 1.41. The van der Waals surface area contributed by atoms with E-state index in [2.05, 4.69) is 25.9 Å². The Bertz CT molecular complexity index is 707. The van der Waals surface area contributed by atoms with Crippen LogP contribution < -0.4 is 20.3 Å². The van der Waals surface area contributed by atoms with Crippen molar-refractivity contribution in [3.8, 4) is 5.75 Å². The quantitative estimate of drug-likeness (QED) is 0.577. The summed E-state index contributed by atoms with van der Waals surface area (Å²) in [7, 11) is 3.47. The fourth-order valence-electron chi connectivity index (χ4n) is 2.92. The summed E-state index contributed by atoms with van der Waals surface area (Å²) in [6, 6.07) is 8.03. The van der Waals surface area contributed by atoms with Gasteiger partial charge in [-0.1, -0.05) is 12.1 Å². The van der Waals surface area contributed by atoms with E-state index in [0.29, 0.717) is 0 Å². The van der Waals surface area contributed by atoms with Gasteiger partial charge in [0, 0.05) is 45.0 Å². The van der Waals surface area contributed by atoms with Crippen LogP contribution >= 0.6 is 11.3 Å². The van der Waals surface area contributed by atoms with Gasteiger partial charge in [-0.2, -0.15) is 0 Å². The maximum atomic E-state index is 5.18. The molecule has 1 fully saturated rings. The maximum Gasteiger partial charge on any atom is 0.191 e. The highest BCUT2D eigenvalue weighted by atomic mass is 32.1. The smallest absolute Gasteiger partial charge is 0.191 e. The van der Waals surface area contributed by atoms with Crippen LogP contribution in [-0.2, 0) is 13.0 Å². The second-order valence-corrected chi connectivity index (χ2v) is 7.10. The first-order valence-electron chi connectivity index (χ1n) is 9.05. The van der Waals surface area contributed by atoms with Gasteiger partial charge in [0.15, 0.2) is 11.1 Å². The molecule has 0 atom stereocenters. The van der Waals surface area contributed by atoms with E-state index < -0.39 is 0 Å². The van der Waals surface area contributed by atoms with Crippen LogP contribution in [0.5, 0.6) is 5.75 Å². The number of methoxy groups -OCH3 is 1. The molecule has 0 saturated carbocycles. The predicted octanol–water partition coefficient (Wildman–Crippen LogP) is 2.66. The molecule has 1 saturated heterocycles. The summed E-state index contributed by atoms with van der Waals surface area (Å²) >= 11 is 1.75. The van der Waals surface area contributed by atoms with Crippen LogP contribution in [0.4, 0.5) is 5.13 Å². The Morgan fingerprint density at radius 3 is 2.69 bits per heavy atom. The summed E-state index contributed by atoms with van der Waals surface area (Å²) < 4.78 is 5.18. The van der Waals surface area contributed by atoms with E-state index in [4.69, 9.17) is 9.72 Å². The minimum Gasteiger partial charge on any atom is -0.497 e. The van der Waals surface area contributed by atoms with Crippen LogP contribution in [0.3, 0.4) is 0 Å². The normalized spacial score (nSPS) is 14.5. The average Bonchev–Trinajstić information content (AvgIpc) is 3.36. The Labute approximate surface area is 159 Å². The highest BCUT2D eigenvalue weighted by Gasteiger charge is 2.15. The number of benzene rings is 1. The first kappa shape index (κ1) is 18.5. The second-order valence-electron chi connectivity index (χ2n) is 6.27. The van der Waals surface area contributed by atoms with Crippen molar-refractivity contribution in [3.05, 3.63) is 40.9 Å². The number of thiazole rings is 1. The van der Waals surface area contributed by atoms with Crippen LogP contribution in [0.2, 0.25) is 0 Å². The highest BCUT2D eigenvalue weighted by Crippen LogP contribution is 2.24. The van der Waals surface area contributed by atoms with Crippen molar-refractivity contribution >= 4 is 22.4 Å². The topological polar surface area (TPSA) is 61.8 Å². The van der Waals surface area contributed by atoms with Crippen molar-refractivity contribution in [2.24, 2.45) is 4.99 Å². The molecule has 0 radical (unpaired) electrons. The van der Waals surface area contributed by atoms with Crippen LogP contribution in [0, 0.1) is 0 Å². The number of hydrogen-bond acceptors (Lipinski definition) is 5. The molecule has 3 rings (SSSR count). The predicted molar refractivity (Wildman–Crippen MR) is 108 cm³/mol. The van der Waals surface area contributed by atoms with E-state index in [1.54, 1.807) is 25.5 Å². The lowest BCUT2D eigenvalue weighted by Gasteiger charge is -2.13. The van der Waals surface area contributed by atoms with E-state index in [-0.39, 0.29) is 0 Å². The molecule has 0 bridgehead atoms. The van der Waals surface area contributed by atoms with Crippen LogP contribution in [0.15, 0.2) is 34.6 Å². The molecule has 2 heterocycles. The third kappa shape index (κ3) is 5.11. The SMILES string of the molecule is CN=C(NCCc1csc(N2CCCC2)n1)NCc1ccc(OC)cc1. The number of nitrogens with zero attached hydrogens (tertiary/aromatic N) is 3. The van der Waals surface area contributed by atoms with Gasteiger partial charge >= 0.3 is 0 Å². The van der Waals surface area contributed by atoms with Gasteiger partial charge in [0.1, 0.15) is 5.75 Å². The first-order chi connectivity index (χ1) is 12.8. The lowest BCUT2D eigenvalue weighted by Crippen LogP contribution is -2.37. The van der Waals surface area contributed by atoms with Gasteiger partial charge in [-0.3, -0.25) is 4.99 Å². The third-order valence-electron chi connectivity index (χ3n) is 4.43. The van der Waals surface area contributed by atoms with Gasteiger partial charge in [-0.05, 0) is 30.5 Å². The Kier molecular flexibility index (Phi) is 6.71. The van der Waals surface area contributed by atoms with Crippen molar-refractivity contribution in [2.45, 2.75) is 25.8 Å². The van der Waals surface area contributed by atoms with Crippen LogP contribution in [-0.4, -0.2) is 44.7 Å². The molecule has 1 aromatic heterocycles. The van der Waals surface area contributed by atoms with Crippen LogP contribution in [0.1, 0.15) is 24.1 Å². The molecule has 1 aliphatic heterocycles. The standard InChI is InChI=1S/C19H27N5OS/c1-20-18(22-13-15-5-7-17(25-2)8-6-15)21-10-9-16-14-26-19(23-16)24-11-3-4-12-24/h5-8,14H,3-4,9-13H2,1-2H3,(H2,20,21,22). The lowest BCUT2D eigenvalue weighted by atomic mass is 10.2. The Morgan fingerprint density at radius 1 is 1.23 bits per heavy atom. The van der Waals surface area contributed by atoms with Gasteiger partial charge in [-0.25, -0.2) is 4.98 Å². The number of hydrogen-bond donors (Lipinski definition) is 2. The first-order valence-corrected chi connectivity index (χ1v) is 9.93. The summed E-state index contributed by atoms with van der Waals surface area (Å²) in [6.45, 7) is 3.82. The number of anilines is 1. The summed E-state index contributed by atoms with van der Waals surface area (Å²) in [6.07, 6.45) is 3.47. The highest BCUT2D eigenvalue weighted by molar-refractivity contribution is 7.13. The number of nitrogens with one attached hydrogen (secondary N) is 2. The Hall–Kier alpha value is -2.28. The Morgan fingerprint density at radius 2 is 2.00 bits per heavy atom. The van der Waals surface area contributed by atoms with Crippen molar-refractivity contribution in [1.82, 2.24) is 15.6 Å². The molecular formula is C19H27N5OS. The number of guanidine groups is 1. The fraction of sp³-hybridized carbons (Fsp3) is 0.474. The number of aliphatic imine (C=N–C) groups is 1. The number of ether oxygens (including phenoxy) is 1. The molecular weight excluding hydrogens is 346 g/mol. The zero-order valence-corrected chi connectivity index (χ0v) is 16.3. The third-order valence-corrected chi connectivity index (χ3v) is 5.38. The molecule has 26 heavy (non-hydrogen) atoms. The van der Waals surface area contributed by atoms with Crippen molar-refractivity contribution in [1.29, 1.82) is 0 Å². The largest absolute Gasteiger partial charge is 0.497 e. The molecule has 0 aliphatic carbocycles. The summed E-state index contributed by atoms with van der Waals surface area (Å²) in [4.78, 5) is 11.4. The van der Waals surface area contributed by atoms with E-state index in [1.807, 2.05) is 24.3 Å². The maximum absolute atomic E-state index is 5.18. The lowest BCUT2D eigenvalue weighted by molar-refractivity contribution is 0.414. The van der Waals surface area contributed by atoms with E-state index in [9.17, 15) is 0 Å². The van der Waals surface area contributed by atoms with E-state index in [1.165, 1.54) is 23.5 Å². The summed E-state index contributed by atoms with van der Waals surface area (Å²) in [5.74, 6) is 1.67. The van der Waals surface area contributed by atoms with Crippen molar-refractivity contribution in [3.63, 3.8) is 0 Å². The molecule has 2 N–H and O–H groups in total. The summed E-state index contributed by atoms with van der Waals surface area (Å²) in [5, 5.41) is 10.0. The molecule has 6 nitrogen and oxygen atoms in total. The second kappa shape index (κ2) is 9.43. The molecule has 1 aliphatic rings. The van der Waals surface area contributed by atoms with Crippen molar-refractivity contribution in [2.75, 3.05) is 38.7 Å². The fourth-order valence-corrected chi connectivity index (χ4v) is 3.84. The van der Waals surface area contributed by atoms with Gasteiger partial charge in [-0.15, -0.1) is 11.3 Å². The minimum atomic E-state index is 0.722. The zero-order chi connectivity index (χ0) is 18.2. The monoisotopic (exact) mass is 373 g/mol. The molecule has 1 aromatic carbocycles. The molecule has 2 aromatic rings. The van der Waals surface area contributed by atoms with Gasteiger partial charge in [0.2, 0.25) is 0 Å². The average molecular weight is 374 g/mol. The molecule has 0 unspecified atom stereocenters. The van der Waals surface area contributed by atoms with Gasteiger partial charge in [0.25, 0.3) is 0 Å². The minimum absolute atomic E-state index is 0.722. The van der Waals surface area contributed by atoms with Gasteiger partial charge in [0.05, 0.1) is 12.8 Å². The summed E-state index contributed by atoms with van der Waals surface area (Å²) in [5.41, 5.74) is 2.33. The number of rotatable bonds is 7.